The maximum atomic E-state index is 14.7. The summed E-state index contributed by atoms with van der Waals surface area (Å²) in [5.41, 5.74) is 2.32. The zero-order chi connectivity index (χ0) is 34.5. The summed E-state index contributed by atoms with van der Waals surface area (Å²) < 4.78 is 29.6. The summed E-state index contributed by atoms with van der Waals surface area (Å²) in [7, 11) is -4.27. The Morgan fingerprint density at radius 2 is 1.45 bits per heavy atom. The van der Waals surface area contributed by atoms with E-state index in [2.05, 4.69) is 5.32 Å². The second-order valence-corrected chi connectivity index (χ2v) is 15.5. The van der Waals surface area contributed by atoms with Gasteiger partial charge in [-0.1, -0.05) is 88.9 Å². The average Bonchev–Trinajstić information content (AvgIpc) is 2.99. The summed E-state index contributed by atoms with van der Waals surface area (Å²) >= 11 is 19.4. The number of anilines is 1. The van der Waals surface area contributed by atoms with E-state index in [-0.39, 0.29) is 23.5 Å². The highest BCUT2D eigenvalue weighted by atomic mass is 35.5. The molecule has 0 saturated heterocycles. The number of nitrogens with one attached hydrogen (secondary N) is 1. The molecule has 0 aliphatic heterocycles. The van der Waals surface area contributed by atoms with Crippen LogP contribution in [0.25, 0.3) is 0 Å². The SMILES string of the molecule is Cc1ccc(S(=O)(=O)N(CC(=O)N(Cc2c(Cl)cccc2Cl)[C@H](Cc2ccccc2)C(=O)NC(C)(C)C)c2ccc(Cl)cc2C)cc1. The molecular weight excluding hydrogens is 677 g/mol. The fourth-order valence-corrected chi connectivity index (χ4v) is 7.33. The minimum Gasteiger partial charge on any atom is -0.350 e. The van der Waals surface area contributed by atoms with E-state index in [4.69, 9.17) is 34.8 Å². The second kappa shape index (κ2) is 15.1. The number of hydrogen-bond acceptors (Lipinski definition) is 4. The van der Waals surface area contributed by atoms with Gasteiger partial charge >= 0.3 is 0 Å². The molecule has 47 heavy (non-hydrogen) atoms. The van der Waals surface area contributed by atoms with Gasteiger partial charge in [0.2, 0.25) is 11.8 Å². The highest BCUT2D eigenvalue weighted by molar-refractivity contribution is 7.92. The molecule has 0 heterocycles. The van der Waals surface area contributed by atoms with Gasteiger partial charge in [0.05, 0.1) is 10.6 Å². The van der Waals surface area contributed by atoms with Crippen molar-refractivity contribution in [2.45, 2.75) is 64.1 Å². The number of sulfonamides is 1. The van der Waals surface area contributed by atoms with E-state index < -0.39 is 40.0 Å². The Morgan fingerprint density at radius 1 is 0.830 bits per heavy atom. The van der Waals surface area contributed by atoms with Crippen LogP contribution in [0.2, 0.25) is 15.1 Å². The number of carbonyl (C=O) groups is 2. The van der Waals surface area contributed by atoms with Crippen LogP contribution in [0.5, 0.6) is 0 Å². The van der Waals surface area contributed by atoms with Gasteiger partial charge in [0.15, 0.2) is 0 Å². The van der Waals surface area contributed by atoms with E-state index in [0.717, 1.165) is 15.4 Å². The Hall–Kier alpha value is -3.56. The minimum absolute atomic E-state index is 0.0114. The molecule has 0 radical (unpaired) electrons. The number of amides is 2. The maximum absolute atomic E-state index is 14.7. The summed E-state index contributed by atoms with van der Waals surface area (Å²) in [6, 6.07) is 24.4. The molecule has 0 aromatic heterocycles. The molecule has 2 amide bonds. The lowest BCUT2D eigenvalue weighted by molar-refractivity contribution is -0.140. The van der Waals surface area contributed by atoms with E-state index >= 15 is 0 Å². The van der Waals surface area contributed by atoms with Crippen molar-refractivity contribution in [1.82, 2.24) is 10.2 Å². The molecule has 0 spiro atoms. The largest absolute Gasteiger partial charge is 0.350 e. The Labute approximate surface area is 292 Å². The Kier molecular flexibility index (Phi) is 11.7. The first-order valence-electron chi connectivity index (χ1n) is 15.0. The third-order valence-electron chi connectivity index (χ3n) is 7.47. The van der Waals surface area contributed by atoms with Crippen LogP contribution in [0, 0.1) is 13.8 Å². The molecule has 0 unspecified atom stereocenters. The Balaban J connectivity index is 1.88. The number of nitrogens with zero attached hydrogens (tertiary/aromatic N) is 2. The zero-order valence-corrected chi connectivity index (χ0v) is 30.0. The van der Waals surface area contributed by atoms with Crippen molar-refractivity contribution in [2.24, 2.45) is 0 Å². The summed E-state index contributed by atoms with van der Waals surface area (Å²) in [5, 5.41) is 4.04. The number of aryl methyl sites for hydroxylation is 2. The number of carbonyl (C=O) groups excluding carboxylic acids is 2. The highest BCUT2D eigenvalue weighted by Gasteiger charge is 2.36. The molecule has 4 rings (SSSR count). The molecule has 248 valence electrons. The first-order chi connectivity index (χ1) is 22.1. The lowest BCUT2D eigenvalue weighted by Crippen LogP contribution is -2.56. The molecule has 1 atom stereocenters. The van der Waals surface area contributed by atoms with Crippen molar-refractivity contribution in [1.29, 1.82) is 0 Å². The topological polar surface area (TPSA) is 86.8 Å². The van der Waals surface area contributed by atoms with Crippen LogP contribution < -0.4 is 9.62 Å². The summed E-state index contributed by atoms with van der Waals surface area (Å²) in [6.45, 7) is 8.36. The molecule has 11 heteroatoms. The Bertz CT molecular complexity index is 1820. The quantitative estimate of drug-likeness (QED) is 0.171. The van der Waals surface area contributed by atoms with Crippen LogP contribution in [0.4, 0.5) is 5.69 Å². The van der Waals surface area contributed by atoms with Gasteiger partial charge in [-0.25, -0.2) is 8.42 Å². The van der Waals surface area contributed by atoms with Crippen LogP contribution in [-0.2, 0) is 32.6 Å². The van der Waals surface area contributed by atoms with Gasteiger partial charge in [0, 0.05) is 39.1 Å². The molecular formula is C36H38Cl3N3O4S. The number of halogens is 3. The predicted molar refractivity (Wildman–Crippen MR) is 191 cm³/mol. The fraction of sp³-hybridized carbons (Fsp3) is 0.278. The highest BCUT2D eigenvalue weighted by Crippen LogP contribution is 2.31. The molecule has 1 N–H and O–H groups in total. The predicted octanol–water partition coefficient (Wildman–Crippen LogP) is 8.01. The summed E-state index contributed by atoms with van der Waals surface area (Å²) in [4.78, 5) is 30.1. The third-order valence-corrected chi connectivity index (χ3v) is 10.2. The molecule has 0 bridgehead atoms. The minimum atomic E-state index is -4.27. The molecule has 4 aromatic carbocycles. The smallest absolute Gasteiger partial charge is 0.264 e. The van der Waals surface area contributed by atoms with Crippen molar-refractivity contribution in [2.75, 3.05) is 10.8 Å². The molecule has 0 aliphatic rings. The van der Waals surface area contributed by atoms with Crippen molar-refractivity contribution >= 4 is 62.3 Å². The van der Waals surface area contributed by atoms with Crippen molar-refractivity contribution in [3.8, 4) is 0 Å². The molecule has 7 nitrogen and oxygen atoms in total. The monoisotopic (exact) mass is 713 g/mol. The second-order valence-electron chi connectivity index (χ2n) is 12.4. The van der Waals surface area contributed by atoms with Crippen molar-refractivity contribution in [3.63, 3.8) is 0 Å². The van der Waals surface area contributed by atoms with Crippen molar-refractivity contribution in [3.05, 3.63) is 128 Å². The van der Waals surface area contributed by atoms with E-state index in [1.807, 2.05) is 58.0 Å². The maximum Gasteiger partial charge on any atom is 0.264 e. The number of benzene rings is 4. The molecule has 0 saturated carbocycles. The first kappa shape index (κ1) is 36.3. The van der Waals surface area contributed by atoms with Gasteiger partial charge in [-0.05, 0) is 88.2 Å². The van der Waals surface area contributed by atoms with E-state index in [1.54, 1.807) is 55.5 Å². The lowest BCUT2D eigenvalue weighted by Gasteiger charge is -2.36. The van der Waals surface area contributed by atoms with Gasteiger partial charge in [-0.15, -0.1) is 0 Å². The third kappa shape index (κ3) is 9.29. The van der Waals surface area contributed by atoms with Crippen LogP contribution in [-0.4, -0.2) is 43.3 Å². The van der Waals surface area contributed by atoms with E-state index in [0.29, 0.717) is 26.2 Å². The van der Waals surface area contributed by atoms with Gasteiger partial charge in [-0.3, -0.25) is 13.9 Å². The van der Waals surface area contributed by atoms with Gasteiger partial charge < -0.3 is 10.2 Å². The molecule has 0 aliphatic carbocycles. The standard InChI is InChI=1S/C36H38Cl3N3O4S/c1-24-14-17-28(18-15-24)47(45,46)42(32-19-16-27(37)20-25(32)2)23-34(43)41(22-29-30(38)12-9-13-31(29)39)33(35(44)40-36(3,4)5)21-26-10-7-6-8-11-26/h6-20,33H,21-23H2,1-5H3,(H,40,44)/t33-/m1/s1. The Morgan fingerprint density at radius 3 is 2.02 bits per heavy atom. The van der Waals surface area contributed by atoms with Crippen LogP contribution in [0.3, 0.4) is 0 Å². The van der Waals surface area contributed by atoms with E-state index in [1.165, 1.54) is 17.0 Å². The zero-order valence-electron chi connectivity index (χ0n) is 26.9. The van der Waals surface area contributed by atoms with Crippen LogP contribution in [0.15, 0.2) is 95.9 Å². The lowest BCUT2D eigenvalue weighted by atomic mass is 10.0. The van der Waals surface area contributed by atoms with Crippen LogP contribution in [0.1, 0.15) is 43.0 Å². The molecule has 4 aromatic rings. The van der Waals surface area contributed by atoms with Crippen LogP contribution >= 0.6 is 34.8 Å². The number of rotatable bonds is 11. The summed E-state index contributed by atoms with van der Waals surface area (Å²) in [6.07, 6.45) is 0.154. The number of hydrogen-bond donors (Lipinski definition) is 1. The normalized spacial score (nSPS) is 12.3. The summed E-state index contributed by atoms with van der Waals surface area (Å²) in [5.74, 6) is -1.04. The molecule has 0 fully saturated rings. The average molecular weight is 715 g/mol. The van der Waals surface area contributed by atoms with Gasteiger partial charge in [-0.2, -0.15) is 0 Å². The van der Waals surface area contributed by atoms with Gasteiger partial charge in [0.25, 0.3) is 10.0 Å². The van der Waals surface area contributed by atoms with Gasteiger partial charge in [0.1, 0.15) is 12.6 Å². The van der Waals surface area contributed by atoms with E-state index in [9.17, 15) is 18.0 Å². The first-order valence-corrected chi connectivity index (χ1v) is 17.6. The van der Waals surface area contributed by atoms with Crippen molar-refractivity contribution < 1.29 is 18.0 Å². The fourth-order valence-electron chi connectivity index (χ4n) is 5.11.